The molecule has 2 heteroatoms. The second-order valence-corrected chi connectivity index (χ2v) is 5.41. The summed E-state index contributed by atoms with van der Waals surface area (Å²) in [5.41, 5.74) is -0.793. The van der Waals surface area contributed by atoms with Gasteiger partial charge >= 0.3 is 0 Å². The minimum Gasteiger partial charge on any atom is -0.382 e. The van der Waals surface area contributed by atoms with E-state index >= 15 is 0 Å². The maximum Gasteiger partial charge on any atom is 0.168 e. The molecule has 0 spiro atoms. The fourth-order valence-corrected chi connectivity index (χ4v) is 1.37. The van der Waals surface area contributed by atoms with Crippen molar-refractivity contribution in [3.8, 4) is 0 Å². The van der Waals surface area contributed by atoms with Crippen molar-refractivity contribution in [3.63, 3.8) is 0 Å². The molecule has 1 atom stereocenters. The summed E-state index contributed by atoms with van der Waals surface area (Å²) in [5.74, 6) is -0.133. The molecule has 1 unspecified atom stereocenters. The van der Waals surface area contributed by atoms with Crippen LogP contribution in [0.4, 0.5) is 0 Å². The molecular formula is C14H20O2. The normalized spacial score (nSPS) is 15.6. The molecule has 0 fully saturated rings. The predicted molar refractivity (Wildman–Crippen MR) is 65.2 cm³/mol. The highest BCUT2D eigenvalue weighted by Crippen LogP contribution is 2.31. The molecule has 0 aliphatic heterocycles. The number of hydrogen-bond acceptors (Lipinski definition) is 2. The van der Waals surface area contributed by atoms with Crippen LogP contribution >= 0.6 is 0 Å². The Morgan fingerprint density at radius 3 is 2.06 bits per heavy atom. The number of benzene rings is 1. The maximum absolute atomic E-state index is 12.0. The summed E-state index contributed by atoms with van der Waals surface area (Å²) in [5, 5.41) is 10.2. The van der Waals surface area contributed by atoms with Crippen molar-refractivity contribution in [2.24, 2.45) is 5.41 Å². The summed E-state index contributed by atoms with van der Waals surface area (Å²) >= 11 is 0. The molecule has 2 nitrogen and oxygen atoms in total. The largest absolute Gasteiger partial charge is 0.382 e. The van der Waals surface area contributed by atoms with Gasteiger partial charge in [-0.15, -0.1) is 0 Å². The topological polar surface area (TPSA) is 37.3 Å². The van der Waals surface area contributed by atoms with Gasteiger partial charge in [0.05, 0.1) is 0 Å². The van der Waals surface area contributed by atoms with Crippen LogP contribution in [0.1, 0.15) is 33.3 Å². The van der Waals surface area contributed by atoms with Crippen LogP contribution in [-0.4, -0.2) is 16.5 Å². The number of aliphatic hydroxyl groups is 1. The van der Waals surface area contributed by atoms with E-state index in [0.717, 1.165) is 5.56 Å². The van der Waals surface area contributed by atoms with E-state index in [4.69, 9.17) is 0 Å². The Kier molecular flexibility index (Phi) is 3.54. The smallest absolute Gasteiger partial charge is 0.168 e. The third-order valence-corrected chi connectivity index (χ3v) is 3.21. The molecule has 0 amide bonds. The standard InChI is InChI=1S/C14H20O2/c1-13(2,3)14(4,16)12(15)10-11-8-6-5-7-9-11/h5-9,16H,10H2,1-4H3. The summed E-state index contributed by atoms with van der Waals surface area (Å²) in [7, 11) is 0. The highest BCUT2D eigenvalue weighted by Gasteiger charge is 2.41. The van der Waals surface area contributed by atoms with Crippen LogP contribution in [0, 0.1) is 5.41 Å². The second-order valence-electron chi connectivity index (χ2n) is 5.41. The Morgan fingerprint density at radius 1 is 1.12 bits per heavy atom. The van der Waals surface area contributed by atoms with Gasteiger partial charge in [0.25, 0.3) is 0 Å². The average molecular weight is 220 g/mol. The Labute approximate surface area is 97.3 Å². The molecule has 0 saturated heterocycles. The lowest BCUT2D eigenvalue weighted by Crippen LogP contribution is -2.48. The molecule has 1 rings (SSSR count). The van der Waals surface area contributed by atoms with Crippen molar-refractivity contribution in [1.29, 1.82) is 0 Å². The molecule has 1 aromatic carbocycles. The summed E-state index contributed by atoms with van der Waals surface area (Å²) in [4.78, 5) is 12.0. The molecule has 0 heterocycles. The van der Waals surface area contributed by atoms with E-state index in [2.05, 4.69) is 0 Å². The molecule has 0 bridgehead atoms. The lowest BCUT2D eigenvalue weighted by molar-refractivity contribution is -0.145. The highest BCUT2D eigenvalue weighted by atomic mass is 16.3. The quantitative estimate of drug-likeness (QED) is 0.850. The van der Waals surface area contributed by atoms with Crippen molar-refractivity contribution in [3.05, 3.63) is 35.9 Å². The van der Waals surface area contributed by atoms with Gasteiger partial charge in [0.1, 0.15) is 5.60 Å². The third-order valence-electron chi connectivity index (χ3n) is 3.21. The van der Waals surface area contributed by atoms with Gasteiger partial charge in [-0.3, -0.25) is 4.79 Å². The van der Waals surface area contributed by atoms with Crippen molar-refractivity contribution >= 4 is 5.78 Å². The summed E-state index contributed by atoms with van der Waals surface area (Å²) in [6.07, 6.45) is 0.283. The summed E-state index contributed by atoms with van der Waals surface area (Å²) in [6, 6.07) is 9.51. The number of rotatable bonds is 3. The minimum atomic E-state index is -1.29. The van der Waals surface area contributed by atoms with Crippen molar-refractivity contribution in [1.82, 2.24) is 0 Å². The Hall–Kier alpha value is -1.15. The molecule has 0 saturated carbocycles. The Balaban J connectivity index is 2.81. The zero-order valence-electron chi connectivity index (χ0n) is 10.4. The van der Waals surface area contributed by atoms with E-state index in [1.54, 1.807) is 6.92 Å². The molecule has 88 valence electrons. The number of carbonyl (C=O) groups is 1. The molecule has 0 aromatic heterocycles. The van der Waals surface area contributed by atoms with Gasteiger partial charge in [0.2, 0.25) is 0 Å². The van der Waals surface area contributed by atoms with Gasteiger partial charge in [-0.25, -0.2) is 0 Å². The van der Waals surface area contributed by atoms with Crippen LogP contribution in [0.25, 0.3) is 0 Å². The van der Waals surface area contributed by atoms with Crippen LogP contribution < -0.4 is 0 Å². The van der Waals surface area contributed by atoms with Crippen LogP contribution in [0.15, 0.2) is 30.3 Å². The third kappa shape index (κ3) is 2.70. The fourth-order valence-electron chi connectivity index (χ4n) is 1.37. The van der Waals surface area contributed by atoms with Gasteiger partial charge < -0.3 is 5.11 Å². The van der Waals surface area contributed by atoms with E-state index in [1.165, 1.54) is 0 Å². The molecule has 16 heavy (non-hydrogen) atoms. The van der Waals surface area contributed by atoms with E-state index < -0.39 is 11.0 Å². The zero-order valence-corrected chi connectivity index (χ0v) is 10.4. The van der Waals surface area contributed by atoms with Gasteiger partial charge in [0, 0.05) is 6.42 Å². The maximum atomic E-state index is 12.0. The average Bonchev–Trinajstić information content (AvgIpc) is 2.17. The molecule has 0 radical (unpaired) electrons. The van der Waals surface area contributed by atoms with Crippen LogP contribution in [0.2, 0.25) is 0 Å². The molecule has 1 N–H and O–H groups in total. The minimum absolute atomic E-state index is 0.133. The summed E-state index contributed by atoms with van der Waals surface area (Å²) < 4.78 is 0. The SMILES string of the molecule is CC(C)(C)C(C)(O)C(=O)Cc1ccccc1. The Morgan fingerprint density at radius 2 is 1.62 bits per heavy atom. The highest BCUT2D eigenvalue weighted by molar-refractivity contribution is 5.89. The van der Waals surface area contributed by atoms with E-state index in [-0.39, 0.29) is 12.2 Å². The summed E-state index contributed by atoms with van der Waals surface area (Å²) in [6.45, 7) is 7.21. The van der Waals surface area contributed by atoms with Gasteiger partial charge in [-0.05, 0) is 17.9 Å². The van der Waals surface area contributed by atoms with E-state index in [9.17, 15) is 9.90 Å². The second kappa shape index (κ2) is 4.38. The van der Waals surface area contributed by atoms with Crippen molar-refractivity contribution in [2.75, 3.05) is 0 Å². The lowest BCUT2D eigenvalue weighted by atomic mass is 9.74. The molecule has 0 aliphatic rings. The number of Topliss-reactive ketones (excluding diaryl/α,β-unsaturated/α-hetero) is 1. The first-order valence-corrected chi connectivity index (χ1v) is 5.55. The van der Waals surface area contributed by atoms with Crippen LogP contribution in [-0.2, 0) is 11.2 Å². The first-order valence-electron chi connectivity index (χ1n) is 5.55. The number of ketones is 1. The van der Waals surface area contributed by atoms with Gasteiger partial charge in [-0.1, -0.05) is 51.1 Å². The van der Waals surface area contributed by atoms with Crippen LogP contribution in [0.5, 0.6) is 0 Å². The first kappa shape index (κ1) is 12.9. The van der Waals surface area contributed by atoms with Crippen LogP contribution in [0.3, 0.4) is 0 Å². The Bertz CT molecular complexity index is 358. The van der Waals surface area contributed by atoms with E-state index in [0.29, 0.717) is 0 Å². The fraction of sp³-hybridized carbons (Fsp3) is 0.500. The van der Waals surface area contributed by atoms with Crippen molar-refractivity contribution in [2.45, 2.75) is 39.7 Å². The van der Waals surface area contributed by atoms with Gasteiger partial charge in [0.15, 0.2) is 5.78 Å². The monoisotopic (exact) mass is 220 g/mol. The first-order chi connectivity index (χ1) is 7.25. The molecular weight excluding hydrogens is 200 g/mol. The predicted octanol–water partition coefficient (Wildman–Crippen LogP) is 2.60. The lowest BCUT2D eigenvalue weighted by Gasteiger charge is -2.35. The van der Waals surface area contributed by atoms with Gasteiger partial charge in [-0.2, -0.15) is 0 Å². The number of hydrogen-bond donors (Lipinski definition) is 1. The van der Waals surface area contributed by atoms with E-state index in [1.807, 2.05) is 51.1 Å². The molecule has 1 aromatic rings. The van der Waals surface area contributed by atoms with Crippen molar-refractivity contribution < 1.29 is 9.90 Å². The molecule has 0 aliphatic carbocycles. The zero-order chi connectivity index (χ0) is 12.4. The number of carbonyl (C=O) groups excluding carboxylic acids is 1.